The summed E-state index contributed by atoms with van der Waals surface area (Å²) in [6, 6.07) is 15.0. The lowest BCUT2D eigenvalue weighted by Crippen LogP contribution is -2.48. The Morgan fingerprint density at radius 2 is 1.83 bits per heavy atom. The second-order valence-electron chi connectivity index (χ2n) is 6.85. The maximum Gasteiger partial charge on any atom is 0.350 e. The normalized spacial score (nSPS) is 10.5. The molecule has 0 saturated carbocycles. The van der Waals surface area contributed by atoms with Crippen molar-refractivity contribution in [1.29, 1.82) is 0 Å². The summed E-state index contributed by atoms with van der Waals surface area (Å²) < 4.78 is 6.06. The highest BCUT2D eigenvalue weighted by molar-refractivity contribution is 5.91. The van der Waals surface area contributed by atoms with Gasteiger partial charge >= 0.3 is 6.03 Å². The second kappa shape index (κ2) is 8.72. The van der Waals surface area contributed by atoms with Gasteiger partial charge in [0.15, 0.2) is 0 Å². The lowest BCUT2D eigenvalue weighted by molar-refractivity contribution is 0.246. The van der Waals surface area contributed by atoms with Gasteiger partial charge in [-0.3, -0.25) is 10.4 Å². The Kier molecular flexibility index (Phi) is 6.11. The summed E-state index contributed by atoms with van der Waals surface area (Å²) in [7, 11) is 0. The van der Waals surface area contributed by atoms with Gasteiger partial charge in [0.2, 0.25) is 0 Å². The minimum absolute atomic E-state index is 0.266. The Balaban J connectivity index is 1.83. The van der Waals surface area contributed by atoms with Gasteiger partial charge in [-0.1, -0.05) is 18.2 Å². The minimum Gasteiger partial charge on any atom is -0.489 e. The summed E-state index contributed by atoms with van der Waals surface area (Å²) in [6.45, 7) is 6.18. The van der Waals surface area contributed by atoms with Gasteiger partial charge in [-0.25, -0.2) is 21.5 Å². The third kappa shape index (κ3) is 4.53. The standard InChI is InChI=1S/C22H25N5O2/c1-14-5-4-6-20(27(24)22(28)26-23)19(14)13-29-21-8-7-17(11-15(21)2)18-9-10-25-16(3)12-18/h4-12H,13,23-24H2,1-3H3,(H,26,28). The van der Waals surface area contributed by atoms with Crippen LogP contribution in [0.5, 0.6) is 5.75 Å². The van der Waals surface area contributed by atoms with Gasteiger partial charge < -0.3 is 4.74 Å². The van der Waals surface area contributed by atoms with E-state index in [0.717, 1.165) is 44.3 Å². The van der Waals surface area contributed by atoms with Crippen LogP contribution in [0.1, 0.15) is 22.4 Å². The number of hydrazine groups is 2. The number of nitrogens with zero attached hydrogens (tertiary/aromatic N) is 2. The topological polar surface area (TPSA) is 106 Å². The van der Waals surface area contributed by atoms with Crippen molar-refractivity contribution in [3.8, 4) is 16.9 Å². The Morgan fingerprint density at radius 1 is 1.07 bits per heavy atom. The van der Waals surface area contributed by atoms with Crippen LogP contribution in [-0.4, -0.2) is 11.0 Å². The van der Waals surface area contributed by atoms with Crippen LogP contribution in [0.2, 0.25) is 0 Å². The molecular formula is C22H25N5O2. The van der Waals surface area contributed by atoms with Crippen LogP contribution in [0.3, 0.4) is 0 Å². The maximum absolute atomic E-state index is 11.8. The quantitative estimate of drug-likeness (QED) is 0.350. The van der Waals surface area contributed by atoms with Crippen molar-refractivity contribution in [3.05, 3.63) is 77.1 Å². The monoisotopic (exact) mass is 391 g/mol. The average molecular weight is 391 g/mol. The number of anilines is 1. The molecule has 3 rings (SSSR count). The lowest BCUT2D eigenvalue weighted by atomic mass is 10.0. The average Bonchev–Trinajstić information content (AvgIpc) is 2.72. The van der Waals surface area contributed by atoms with Crippen LogP contribution in [0, 0.1) is 20.8 Å². The van der Waals surface area contributed by atoms with E-state index in [-0.39, 0.29) is 6.61 Å². The highest BCUT2D eigenvalue weighted by Crippen LogP contribution is 2.29. The number of pyridine rings is 1. The fourth-order valence-corrected chi connectivity index (χ4v) is 3.15. The molecule has 0 unspecified atom stereocenters. The van der Waals surface area contributed by atoms with Crippen LogP contribution < -0.4 is 26.9 Å². The molecule has 5 N–H and O–H groups in total. The summed E-state index contributed by atoms with van der Waals surface area (Å²) in [5.74, 6) is 11.9. The van der Waals surface area contributed by atoms with Gasteiger partial charge in [0.1, 0.15) is 12.4 Å². The molecule has 2 aromatic carbocycles. The summed E-state index contributed by atoms with van der Waals surface area (Å²) in [4.78, 5) is 16.1. The number of hydrogen-bond donors (Lipinski definition) is 3. The summed E-state index contributed by atoms with van der Waals surface area (Å²) in [6.07, 6.45) is 1.81. The van der Waals surface area contributed by atoms with Crippen molar-refractivity contribution in [2.75, 3.05) is 5.01 Å². The van der Waals surface area contributed by atoms with E-state index in [1.807, 2.05) is 62.6 Å². The van der Waals surface area contributed by atoms with Crippen LogP contribution in [-0.2, 0) is 6.61 Å². The van der Waals surface area contributed by atoms with Gasteiger partial charge in [0, 0.05) is 17.5 Å². The number of nitrogens with one attached hydrogen (secondary N) is 1. The zero-order valence-corrected chi connectivity index (χ0v) is 16.8. The number of rotatable bonds is 5. The third-order valence-electron chi connectivity index (χ3n) is 4.76. The maximum atomic E-state index is 11.8. The summed E-state index contributed by atoms with van der Waals surface area (Å²) in [5.41, 5.74) is 8.54. The van der Waals surface area contributed by atoms with E-state index in [9.17, 15) is 4.79 Å². The van der Waals surface area contributed by atoms with Crippen LogP contribution >= 0.6 is 0 Å². The molecule has 0 aliphatic carbocycles. The number of carbonyl (C=O) groups is 1. The number of hydrogen-bond acceptors (Lipinski definition) is 5. The number of benzene rings is 2. The minimum atomic E-state index is -0.606. The number of amides is 2. The van der Waals surface area contributed by atoms with Crippen LogP contribution in [0.15, 0.2) is 54.7 Å². The molecule has 7 heteroatoms. The lowest BCUT2D eigenvalue weighted by Gasteiger charge is -2.21. The number of aryl methyl sites for hydroxylation is 3. The number of nitrogens with two attached hydrogens (primary N) is 2. The summed E-state index contributed by atoms with van der Waals surface area (Å²) >= 11 is 0. The van der Waals surface area contributed by atoms with Gasteiger partial charge in [0.05, 0.1) is 5.69 Å². The first-order chi connectivity index (χ1) is 13.9. The molecule has 0 saturated heterocycles. The van der Waals surface area contributed by atoms with E-state index in [1.54, 1.807) is 12.3 Å². The molecule has 1 aromatic heterocycles. The fraction of sp³-hybridized carbons (Fsp3) is 0.182. The second-order valence-corrected chi connectivity index (χ2v) is 6.85. The molecule has 0 aliphatic heterocycles. The zero-order chi connectivity index (χ0) is 21.0. The molecule has 150 valence electrons. The molecule has 2 amide bonds. The largest absolute Gasteiger partial charge is 0.489 e. The number of ether oxygens (including phenoxy) is 1. The van der Waals surface area contributed by atoms with Crippen molar-refractivity contribution in [1.82, 2.24) is 10.4 Å². The molecule has 0 fully saturated rings. The van der Waals surface area contributed by atoms with E-state index < -0.39 is 6.03 Å². The highest BCUT2D eigenvalue weighted by Gasteiger charge is 2.16. The predicted octanol–water partition coefficient (Wildman–Crippen LogP) is 3.52. The van der Waals surface area contributed by atoms with Gasteiger partial charge in [-0.05, 0) is 73.4 Å². The third-order valence-corrected chi connectivity index (χ3v) is 4.76. The molecule has 29 heavy (non-hydrogen) atoms. The van der Waals surface area contributed by atoms with Crippen molar-refractivity contribution < 1.29 is 9.53 Å². The Bertz CT molecular complexity index is 1040. The smallest absolute Gasteiger partial charge is 0.350 e. The molecule has 0 radical (unpaired) electrons. The van der Waals surface area contributed by atoms with Crippen molar-refractivity contribution in [2.24, 2.45) is 11.7 Å². The number of carbonyl (C=O) groups excluding carboxylic acids is 1. The highest BCUT2D eigenvalue weighted by atomic mass is 16.5. The molecule has 0 aliphatic rings. The predicted molar refractivity (Wildman–Crippen MR) is 114 cm³/mol. The first-order valence-corrected chi connectivity index (χ1v) is 9.21. The van der Waals surface area contributed by atoms with Crippen molar-refractivity contribution in [3.63, 3.8) is 0 Å². The Morgan fingerprint density at radius 3 is 2.52 bits per heavy atom. The first-order valence-electron chi connectivity index (χ1n) is 9.21. The van der Waals surface area contributed by atoms with E-state index in [4.69, 9.17) is 16.4 Å². The number of aromatic nitrogens is 1. The molecular weight excluding hydrogens is 366 g/mol. The Labute approximate surface area is 170 Å². The summed E-state index contributed by atoms with van der Waals surface area (Å²) in [5, 5.41) is 0.980. The van der Waals surface area contributed by atoms with Gasteiger partial charge in [-0.15, -0.1) is 0 Å². The van der Waals surface area contributed by atoms with E-state index in [0.29, 0.717) is 5.69 Å². The van der Waals surface area contributed by atoms with Gasteiger partial charge in [0.25, 0.3) is 0 Å². The van der Waals surface area contributed by atoms with Crippen molar-refractivity contribution in [2.45, 2.75) is 27.4 Å². The molecule has 7 nitrogen and oxygen atoms in total. The molecule has 0 bridgehead atoms. The molecule has 0 spiro atoms. The van der Waals surface area contributed by atoms with Crippen molar-refractivity contribution >= 4 is 11.7 Å². The Hall–Kier alpha value is -3.42. The molecule has 3 aromatic rings. The fourth-order valence-electron chi connectivity index (χ4n) is 3.15. The van der Waals surface area contributed by atoms with Crippen LogP contribution in [0.25, 0.3) is 11.1 Å². The van der Waals surface area contributed by atoms with E-state index >= 15 is 0 Å². The first kappa shape index (κ1) is 20.3. The van der Waals surface area contributed by atoms with Crippen LogP contribution in [0.4, 0.5) is 10.5 Å². The van der Waals surface area contributed by atoms with E-state index in [1.165, 1.54) is 0 Å². The zero-order valence-electron chi connectivity index (χ0n) is 16.8. The van der Waals surface area contributed by atoms with Gasteiger partial charge in [-0.2, -0.15) is 0 Å². The number of urea groups is 1. The van der Waals surface area contributed by atoms with E-state index in [2.05, 4.69) is 11.1 Å². The SMILES string of the molecule is Cc1cc(-c2ccc(OCc3c(C)cccc3N(N)C(=O)NN)c(C)c2)ccn1. The molecule has 1 heterocycles. The molecule has 0 atom stereocenters.